The highest BCUT2D eigenvalue weighted by molar-refractivity contribution is 6.31. The highest BCUT2D eigenvalue weighted by atomic mass is 35.5. The number of aliphatic carboxylic acids is 1. The second-order valence-electron chi connectivity index (χ2n) is 6.28. The molecule has 1 aromatic rings. The van der Waals surface area contributed by atoms with Gasteiger partial charge in [-0.2, -0.15) is 0 Å². The first-order valence-corrected chi connectivity index (χ1v) is 7.82. The topological polar surface area (TPSA) is 60.8 Å². The van der Waals surface area contributed by atoms with Gasteiger partial charge in [0.15, 0.2) is 5.60 Å². The van der Waals surface area contributed by atoms with Crippen LogP contribution in [0, 0.1) is 0 Å². The van der Waals surface area contributed by atoms with Crippen LogP contribution >= 0.6 is 11.6 Å². The fraction of sp³-hybridized carbons (Fsp3) is 0.562. The second kappa shape index (κ2) is 5.59. The second-order valence-corrected chi connectivity index (χ2v) is 6.68. The predicted molar refractivity (Wildman–Crippen MR) is 80.5 cm³/mol. The maximum Gasteiger partial charge on any atom is 0.335 e. The van der Waals surface area contributed by atoms with Gasteiger partial charge in [-0.1, -0.05) is 23.7 Å². The Labute approximate surface area is 129 Å². The Hall–Kier alpha value is -1.10. The summed E-state index contributed by atoms with van der Waals surface area (Å²) in [6.45, 7) is 3.14. The van der Waals surface area contributed by atoms with Crippen molar-refractivity contribution in [1.82, 2.24) is 4.90 Å². The van der Waals surface area contributed by atoms with Crippen molar-refractivity contribution in [2.75, 3.05) is 13.1 Å². The number of aliphatic hydroxyl groups is 1. The van der Waals surface area contributed by atoms with E-state index in [1.807, 2.05) is 18.2 Å². The fourth-order valence-electron chi connectivity index (χ4n) is 3.29. The molecule has 1 aliphatic heterocycles. The number of halogens is 1. The lowest BCUT2D eigenvalue weighted by Crippen LogP contribution is -2.49. The lowest BCUT2D eigenvalue weighted by molar-refractivity contribution is -0.169. The molecular formula is C16H20ClNO3. The van der Waals surface area contributed by atoms with E-state index in [4.69, 9.17) is 16.7 Å². The molecule has 0 unspecified atom stereocenters. The standard InChI is InChI=1S/C16H20ClNO3/c17-14-7-11(13-8-16(21,9-13)15(19)20)3-4-12(14)10-18-5-1-2-6-18/h3-4,7,13,21H,1-2,5-6,8-10H2,(H,19,20). The summed E-state index contributed by atoms with van der Waals surface area (Å²) in [6, 6.07) is 5.98. The third kappa shape index (κ3) is 2.93. The number of nitrogens with zero attached hydrogens (tertiary/aromatic N) is 1. The van der Waals surface area contributed by atoms with Crippen LogP contribution in [0.25, 0.3) is 0 Å². The predicted octanol–water partition coefficient (Wildman–Crippen LogP) is 2.63. The summed E-state index contributed by atoms with van der Waals surface area (Å²) < 4.78 is 0. The zero-order valence-electron chi connectivity index (χ0n) is 11.9. The van der Waals surface area contributed by atoms with Crippen molar-refractivity contribution >= 4 is 17.6 Å². The van der Waals surface area contributed by atoms with E-state index in [1.165, 1.54) is 12.8 Å². The van der Waals surface area contributed by atoms with Gasteiger partial charge in [-0.25, -0.2) is 4.79 Å². The Morgan fingerprint density at radius 3 is 2.57 bits per heavy atom. The van der Waals surface area contributed by atoms with Gasteiger partial charge in [-0.3, -0.25) is 4.90 Å². The van der Waals surface area contributed by atoms with E-state index in [2.05, 4.69) is 4.90 Å². The Morgan fingerprint density at radius 1 is 1.33 bits per heavy atom. The van der Waals surface area contributed by atoms with E-state index in [-0.39, 0.29) is 18.8 Å². The molecule has 3 rings (SSSR count). The van der Waals surface area contributed by atoms with Gasteiger partial charge in [0.1, 0.15) is 0 Å². The maximum atomic E-state index is 10.9. The fourth-order valence-corrected chi connectivity index (χ4v) is 3.54. The normalized spacial score (nSPS) is 29.3. The monoisotopic (exact) mass is 309 g/mol. The molecule has 0 amide bonds. The number of rotatable bonds is 4. The number of carboxylic acids is 1. The molecular weight excluding hydrogens is 290 g/mol. The lowest BCUT2D eigenvalue weighted by atomic mass is 9.68. The van der Waals surface area contributed by atoms with Gasteiger partial charge < -0.3 is 10.2 Å². The molecule has 0 aromatic heterocycles. The van der Waals surface area contributed by atoms with E-state index in [0.717, 1.165) is 35.8 Å². The lowest BCUT2D eigenvalue weighted by Gasteiger charge is -2.40. The molecule has 0 atom stereocenters. The minimum absolute atomic E-state index is 0.0874. The largest absolute Gasteiger partial charge is 0.479 e. The number of hydrogen-bond donors (Lipinski definition) is 2. The quantitative estimate of drug-likeness (QED) is 0.897. The molecule has 4 nitrogen and oxygen atoms in total. The van der Waals surface area contributed by atoms with Crippen LogP contribution in [0.4, 0.5) is 0 Å². The zero-order valence-corrected chi connectivity index (χ0v) is 12.6. The van der Waals surface area contributed by atoms with Crippen LogP contribution in [0.5, 0.6) is 0 Å². The van der Waals surface area contributed by atoms with Crippen LogP contribution in [0.15, 0.2) is 18.2 Å². The third-order valence-corrected chi connectivity index (χ3v) is 5.06. The number of hydrogen-bond acceptors (Lipinski definition) is 3. The van der Waals surface area contributed by atoms with Crippen LogP contribution in [0.3, 0.4) is 0 Å². The summed E-state index contributed by atoms with van der Waals surface area (Å²) in [6.07, 6.45) is 3.05. The average molecular weight is 310 g/mol. The Bertz CT molecular complexity index is 548. The number of carbonyl (C=O) groups is 1. The van der Waals surface area contributed by atoms with Gasteiger partial charge in [-0.15, -0.1) is 0 Å². The van der Waals surface area contributed by atoms with Crippen molar-refractivity contribution in [2.24, 2.45) is 0 Å². The molecule has 1 aromatic carbocycles. The molecule has 0 spiro atoms. The minimum Gasteiger partial charge on any atom is -0.479 e. The molecule has 1 saturated carbocycles. The molecule has 2 aliphatic rings. The first-order chi connectivity index (χ1) is 9.98. The van der Waals surface area contributed by atoms with Crippen LogP contribution < -0.4 is 0 Å². The van der Waals surface area contributed by atoms with Gasteiger partial charge in [0.25, 0.3) is 0 Å². The number of carboxylic acid groups (broad SMARTS) is 1. The van der Waals surface area contributed by atoms with Gasteiger partial charge in [0.2, 0.25) is 0 Å². The average Bonchev–Trinajstić information content (AvgIpc) is 2.90. The summed E-state index contributed by atoms with van der Waals surface area (Å²) in [5, 5.41) is 19.5. The molecule has 5 heteroatoms. The molecule has 1 aliphatic carbocycles. The smallest absolute Gasteiger partial charge is 0.335 e. The molecule has 114 valence electrons. The number of benzene rings is 1. The van der Waals surface area contributed by atoms with Crippen molar-refractivity contribution in [3.05, 3.63) is 34.3 Å². The number of likely N-dealkylation sites (tertiary alicyclic amines) is 1. The minimum atomic E-state index is -1.55. The van der Waals surface area contributed by atoms with E-state index >= 15 is 0 Å². The Morgan fingerprint density at radius 2 is 2.00 bits per heavy atom. The van der Waals surface area contributed by atoms with E-state index < -0.39 is 11.6 Å². The van der Waals surface area contributed by atoms with E-state index in [1.54, 1.807) is 0 Å². The molecule has 2 fully saturated rings. The summed E-state index contributed by atoms with van der Waals surface area (Å²) in [7, 11) is 0. The highest BCUT2D eigenvalue weighted by Gasteiger charge is 2.49. The highest BCUT2D eigenvalue weighted by Crippen LogP contribution is 2.45. The molecule has 2 N–H and O–H groups in total. The summed E-state index contributed by atoms with van der Waals surface area (Å²) in [5.74, 6) is -1.04. The van der Waals surface area contributed by atoms with Crippen LogP contribution in [0.1, 0.15) is 42.7 Å². The Kier molecular flexibility index (Phi) is 3.95. The first-order valence-electron chi connectivity index (χ1n) is 7.44. The molecule has 21 heavy (non-hydrogen) atoms. The van der Waals surface area contributed by atoms with Gasteiger partial charge in [0, 0.05) is 11.6 Å². The molecule has 0 radical (unpaired) electrons. The summed E-state index contributed by atoms with van der Waals surface area (Å²) in [5.41, 5.74) is 0.594. The third-order valence-electron chi connectivity index (χ3n) is 4.71. The first kappa shape index (κ1) is 14.8. The zero-order chi connectivity index (χ0) is 15.0. The molecule has 1 heterocycles. The van der Waals surface area contributed by atoms with Crippen molar-refractivity contribution < 1.29 is 15.0 Å². The van der Waals surface area contributed by atoms with Gasteiger partial charge >= 0.3 is 5.97 Å². The van der Waals surface area contributed by atoms with E-state index in [0.29, 0.717) is 0 Å². The van der Waals surface area contributed by atoms with E-state index in [9.17, 15) is 9.90 Å². The van der Waals surface area contributed by atoms with Crippen LogP contribution in [0.2, 0.25) is 5.02 Å². The van der Waals surface area contributed by atoms with Crippen molar-refractivity contribution in [3.63, 3.8) is 0 Å². The van der Waals surface area contributed by atoms with Crippen molar-refractivity contribution in [3.8, 4) is 0 Å². The Balaban J connectivity index is 1.66. The van der Waals surface area contributed by atoms with Crippen molar-refractivity contribution in [1.29, 1.82) is 0 Å². The molecule has 0 bridgehead atoms. The van der Waals surface area contributed by atoms with Crippen LogP contribution in [-0.2, 0) is 11.3 Å². The SMILES string of the molecule is O=C(O)C1(O)CC(c2ccc(CN3CCCC3)c(Cl)c2)C1. The maximum absolute atomic E-state index is 10.9. The van der Waals surface area contributed by atoms with Crippen molar-refractivity contribution in [2.45, 2.75) is 43.7 Å². The van der Waals surface area contributed by atoms with Gasteiger partial charge in [0.05, 0.1) is 0 Å². The molecule has 1 saturated heterocycles. The summed E-state index contributed by atoms with van der Waals surface area (Å²) in [4.78, 5) is 13.3. The summed E-state index contributed by atoms with van der Waals surface area (Å²) >= 11 is 6.36. The van der Waals surface area contributed by atoms with Gasteiger partial charge in [-0.05, 0) is 61.9 Å². The van der Waals surface area contributed by atoms with Crippen LogP contribution in [-0.4, -0.2) is 39.8 Å².